The molecule has 2 aromatic carbocycles. The predicted octanol–water partition coefficient (Wildman–Crippen LogP) is 5.94. The molecule has 4 rings (SSSR count). The fraction of sp³-hybridized carbons (Fsp3) is 0.375. The van der Waals surface area contributed by atoms with Crippen molar-refractivity contribution in [1.82, 2.24) is 4.98 Å². The van der Waals surface area contributed by atoms with Gasteiger partial charge in [-0.15, -0.1) is 11.8 Å². The van der Waals surface area contributed by atoms with Gasteiger partial charge in [0.05, 0.1) is 22.6 Å². The lowest BCUT2D eigenvalue weighted by atomic mass is 9.88. The van der Waals surface area contributed by atoms with Crippen LogP contribution in [0.3, 0.4) is 0 Å². The van der Waals surface area contributed by atoms with Crippen molar-refractivity contribution in [2.24, 2.45) is 5.92 Å². The molecule has 3 aromatic rings. The Bertz CT molecular complexity index is 1090. The van der Waals surface area contributed by atoms with Crippen LogP contribution in [0.4, 0.5) is 10.8 Å². The van der Waals surface area contributed by atoms with Gasteiger partial charge in [-0.3, -0.25) is 9.59 Å². The predicted molar refractivity (Wildman–Crippen MR) is 132 cm³/mol. The van der Waals surface area contributed by atoms with Crippen LogP contribution in [-0.2, 0) is 9.59 Å². The number of thioether (sulfide) groups is 1. The molecule has 1 saturated carbocycles. The van der Waals surface area contributed by atoms with Crippen LogP contribution in [0.1, 0.15) is 39.0 Å². The van der Waals surface area contributed by atoms with Crippen molar-refractivity contribution in [3.8, 4) is 5.75 Å². The normalized spacial score (nSPS) is 14.3. The van der Waals surface area contributed by atoms with Gasteiger partial charge in [0.15, 0.2) is 5.13 Å². The van der Waals surface area contributed by atoms with E-state index >= 15 is 0 Å². The first-order valence-electron chi connectivity index (χ1n) is 11.0. The highest BCUT2D eigenvalue weighted by Crippen LogP contribution is 2.30. The number of aromatic nitrogens is 1. The number of ether oxygens (including phenoxy) is 1. The number of benzene rings is 2. The molecule has 6 nitrogen and oxygen atoms in total. The average Bonchev–Trinajstić information content (AvgIpc) is 3.20. The van der Waals surface area contributed by atoms with Crippen molar-refractivity contribution in [3.63, 3.8) is 0 Å². The third-order valence-corrected chi connectivity index (χ3v) is 7.29. The van der Waals surface area contributed by atoms with E-state index in [1.54, 1.807) is 0 Å². The smallest absolute Gasteiger partial charge is 0.236 e. The summed E-state index contributed by atoms with van der Waals surface area (Å²) in [6.45, 7) is 2.55. The van der Waals surface area contributed by atoms with Gasteiger partial charge in [0, 0.05) is 16.5 Å². The standard InChI is InChI=1S/C24H27N3O3S2/c1-2-30-18-11-12-20-21(14-18)32-24(26-20)27-22(28)15-31-19-10-6-9-17(13-19)25-23(29)16-7-4-3-5-8-16/h6,9-14,16H,2-5,7-8,15H2,1H3,(H,25,29)(H,26,27,28). The number of carbonyl (C=O) groups is 2. The number of nitrogens with zero attached hydrogens (tertiary/aromatic N) is 1. The first kappa shape index (κ1) is 22.6. The molecule has 1 fully saturated rings. The maximum Gasteiger partial charge on any atom is 0.236 e. The Morgan fingerprint density at radius 1 is 1.12 bits per heavy atom. The van der Waals surface area contributed by atoms with Crippen molar-refractivity contribution >= 4 is 55.9 Å². The highest BCUT2D eigenvalue weighted by atomic mass is 32.2. The Morgan fingerprint density at radius 3 is 2.78 bits per heavy atom. The van der Waals surface area contributed by atoms with E-state index in [4.69, 9.17) is 4.74 Å². The SMILES string of the molecule is CCOc1ccc2nc(NC(=O)CSc3cccc(NC(=O)C4CCCCC4)c3)sc2c1. The fourth-order valence-electron chi connectivity index (χ4n) is 3.79. The number of fused-ring (bicyclic) bond motifs is 1. The first-order valence-corrected chi connectivity index (χ1v) is 12.8. The lowest BCUT2D eigenvalue weighted by molar-refractivity contribution is -0.120. The third kappa shape index (κ3) is 6.01. The number of hydrogen-bond donors (Lipinski definition) is 2. The van der Waals surface area contributed by atoms with Gasteiger partial charge in [-0.05, 0) is 56.2 Å². The summed E-state index contributed by atoms with van der Waals surface area (Å²) >= 11 is 2.86. The molecule has 1 aliphatic rings. The summed E-state index contributed by atoms with van der Waals surface area (Å²) in [5.74, 6) is 1.17. The zero-order valence-electron chi connectivity index (χ0n) is 18.1. The molecule has 168 valence electrons. The van der Waals surface area contributed by atoms with E-state index in [0.29, 0.717) is 11.7 Å². The van der Waals surface area contributed by atoms with Crippen molar-refractivity contribution < 1.29 is 14.3 Å². The Labute approximate surface area is 196 Å². The topological polar surface area (TPSA) is 80.3 Å². The van der Waals surface area contributed by atoms with Crippen LogP contribution in [-0.4, -0.2) is 29.2 Å². The summed E-state index contributed by atoms with van der Waals surface area (Å²) in [6.07, 6.45) is 5.43. The van der Waals surface area contributed by atoms with Gasteiger partial charge in [-0.25, -0.2) is 4.98 Å². The summed E-state index contributed by atoms with van der Waals surface area (Å²) in [7, 11) is 0. The molecule has 0 aliphatic heterocycles. The van der Waals surface area contributed by atoms with Crippen LogP contribution in [0.5, 0.6) is 5.75 Å². The number of thiazole rings is 1. The van der Waals surface area contributed by atoms with Crippen molar-refractivity contribution in [1.29, 1.82) is 0 Å². The molecule has 0 bridgehead atoms. The summed E-state index contributed by atoms with van der Waals surface area (Å²) in [4.78, 5) is 30.3. The monoisotopic (exact) mass is 469 g/mol. The quantitative estimate of drug-likeness (QED) is 0.399. The lowest BCUT2D eigenvalue weighted by Crippen LogP contribution is -2.24. The van der Waals surface area contributed by atoms with Crippen LogP contribution < -0.4 is 15.4 Å². The minimum atomic E-state index is -0.115. The lowest BCUT2D eigenvalue weighted by Gasteiger charge is -2.20. The average molecular weight is 470 g/mol. The molecule has 0 saturated heterocycles. The van der Waals surface area contributed by atoms with Crippen molar-refractivity contribution in [2.75, 3.05) is 23.0 Å². The number of rotatable bonds is 8. The minimum Gasteiger partial charge on any atom is -0.494 e. The summed E-state index contributed by atoms with van der Waals surface area (Å²) in [5, 5.41) is 6.49. The Balaban J connectivity index is 1.30. The molecular formula is C24H27N3O3S2. The number of anilines is 2. The third-order valence-electron chi connectivity index (χ3n) is 5.36. The van der Waals surface area contributed by atoms with Gasteiger partial charge < -0.3 is 15.4 Å². The van der Waals surface area contributed by atoms with Gasteiger partial charge in [0.1, 0.15) is 5.75 Å². The molecular weight excluding hydrogens is 442 g/mol. The highest BCUT2D eigenvalue weighted by Gasteiger charge is 2.21. The molecule has 0 spiro atoms. The fourth-order valence-corrected chi connectivity index (χ4v) is 5.46. The zero-order chi connectivity index (χ0) is 22.3. The second kappa shape index (κ2) is 10.8. The molecule has 0 unspecified atom stereocenters. The highest BCUT2D eigenvalue weighted by molar-refractivity contribution is 8.00. The Morgan fingerprint density at radius 2 is 1.97 bits per heavy atom. The van der Waals surface area contributed by atoms with E-state index in [1.165, 1.54) is 29.5 Å². The molecule has 2 amide bonds. The molecule has 1 heterocycles. The molecule has 8 heteroatoms. The van der Waals surface area contributed by atoms with E-state index in [-0.39, 0.29) is 23.5 Å². The van der Waals surface area contributed by atoms with E-state index < -0.39 is 0 Å². The molecule has 2 N–H and O–H groups in total. The maximum atomic E-state index is 12.5. The van der Waals surface area contributed by atoms with Crippen LogP contribution in [0.15, 0.2) is 47.4 Å². The number of hydrogen-bond acceptors (Lipinski definition) is 6. The van der Waals surface area contributed by atoms with Gasteiger partial charge >= 0.3 is 0 Å². The van der Waals surface area contributed by atoms with Crippen LogP contribution in [0, 0.1) is 5.92 Å². The summed E-state index contributed by atoms with van der Waals surface area (Å²) in [5.41, 5.74) is 1.62. The second-order valence-corrected chi connectivity index (χ2v) is 9.85. The largest absolute Gasteiger partial charge is 0.494 e. The molecule has 1 aromatic heterocycles. The van der Waals surface area contributed by atoms with E-state index in [2.05, 4.69) is 15.6 Å². The minimum absolute atomic E-state index is 0.105. The molecule has 1 aliphatic carbocycles. The van der Waals surface area contributed by atoms with Gasteiger partial charge in [0.2, 0.25) is 11.8 Å². The van der Waals surface area contributed by atoms with Crippen molar-refractivity contribution in [2.45, 2.75) is 43.9 Å². The van der Waals surface area contributed by atoms with Crippen LogP contribution >= 0.6 is 23.1 Å². The van der Waals surface area contributed by atoms with E-state index in [1.807, 2.05) is 49.4 Å². The van der Waals surface area contributed by atoms with E-state index in [0.717, 1.165) is 52.2 Å². The van der Waals surface area contributed by atoms with Crippen LogP contribution in [0.25, 0.3) is 10.2 Å². The number of amides is 2. The summed E-state index contributed by atoms with van der Waals surface area (Å²) in [6, 6.07) is 13.4. The van der Waals surface area contributed by atoms with Gasteiger partial charge in [-0.2, -0.15) is 0 Å². The van der Waals surface area contributed by atoms with Gasteiger partial charge in [-0.1, -0.05) is 36.7 Å². The molecule has 0 atom stereocenters. The van der Waals surface area contributed by atoms with Crippen molar-refractivity contribution in [3.05, 3.63) is 42.5 Å². The van der Waals surface area contributed by atoms with Gasteiger partial charge in [0.25, 0.3) is 0 Å². The maximum absolute atomic E-state index is 12.5. The van der Waals surface area contributed by atoms with E-state index in [9.17, 15) is 9.59 Å². The second-order valence-electron chi connectivity index (χ2n) is 7.77. The summed E-state index contributed by atoms with van der Waals surface area (Å²) < 4.78 is 6.49. The van der Waals surface area contributed by atoms with Crippen LogP contribution in [0.2, 0.25) is 0 Å². The first-order chi connectivity index (χ1) is 15.6. The zero-order valence-corrected chi connectivity index (χ0v) is 19.7. The number of carbonyl (C=O) groups excluding carboxylic acids is 2. The Kier molecular flexibility index (Phi) is 7.65. The number of nitrogens with one attached hydrogen (secondary N) is 2. The molecule has 32 heavy (non-hydrogen) atoms. The Hall–Kier alpha value is -2.58. The molecule has 0 radical (unpaired) electrons.